The zero-order chi connectivity index (χ0) is 15.0. The van der Waals surface area contributed by atoms with Gasteiger partial charge in [0.1, 0.15) is 0 Å². The van der Waals surface area contributed by atoms with Crippen LogP contribution in [0.25, 0.3) is 0 Å². The molecule has 3 unspecified atom stereocenters. The molecule has 0 fully saturated rings. The van der Waals surface area contributed by atoms with Gasteiger partial charge in [-0.15, -0.1) is 0 Å². The molecule has 0 saturated heterocycles. The van der Waals surface area contributed by atoms with Crippen molar-refractivity contribution >= 4 is 17.9 Å². The van der Waals surface area contributed by atoms with Crippen molar-refractivity contribution in [2.24, 2.45) is 5.92 Å². The number of unbranched alkanes of at least 4 members (excludes halogenated alkanes) is 1. The van der Waals surface area contributed by atoms with Gasteiger partial charge in [0.15, 0.2) is 12.2 Å². The van der Waals surface area contributed by atoms with Crippen LogP contribution < -0.4 is 0 Å². The first-order valence-electron chi connectivity index (χ1n) is 6.04. The van der Waals surface area contributed by atoms with Crippen LogP contribution in [0, 0.1) is 5.92 Å². The maximum absolute atomic E-state index is 11.5. The number of hydrogen-bond acceptors (Lipinski definition) is 7. The Morgan fingerprint density at radius 3 is 2.05 bits per heavy atom. The van der Waals surface area contributed by atoms with Gasteiger partial charge in [-0.1, -0.05) is 26.7 Å². The third-order valence-electron chi connectivity index (χ3n) is 2.58. The summed E-state index contributed by atoms with van der Waals surface area (Å²) in [4.78, 5) is 33.7. The molecule has 0 saturated carbocycles. The summed E-state index contributed by atoms with van der Waals surface area (Å²) in [5.74, 6) is -3.84. The maximum Gasteiger partial charge on any atom is 0.346 e. The summed E-state index contributed by atoms with van der Waals surface area (Å²) < 4.78 is 8.54. The second-order valence-electron chi connectivity index (χ2n) is 4.20. The highest BCUT2D eigenvalue weighted by Crippen LogP contribution is 2.10. The monoisotopic (exact) mass is 276 g/mol. The van der Waals surface area contributed by atoms with Crippen molar-refractivity contribution in [1.82, 2.24) is 0 Å². The third-order valence-corrected chi connectivity index (χ3v) is 2.58. The van der Waals surface area contributed by atoms with Gasteiger partial charge in [-0.2, -0.15) is 0 Å². The Balaban J connectivity index is 4.36. The molecule has 0 aromatic heterocycles. The number of ether oxygens (including phenoxy) is 2. The van der Waals surface area contributed by atoms with Gasteiger partial charge < -0.3 is 19.7 Å². The van der Waals surface area contributed by atoms with E-state index in [0.29, 0.717) is 6.42 Å². The summed E-state index contributed by atoms with van der Waals surface area (Å²) in [5, 5.41) is 18.5. The number of hydrogen-bond donors (Lipinski definition) is 2. The van der Waals surface area contributed by atoms with Gasteiger partial charge in [0.25, 0.3) is 0 Å². The first-order valence-corrected chi connectivity index (χ1v) is 6.04. The predicted octanol–water partition coefficient (Wildman–Crippen LogP) is -0.223. The zero-order valence-electron chi connectivity index (χ0n) is 11.3. The second-order valence-corrected chi connectivity index (χ2v) is 4.20. The molecule has 0 bridgehead atoms. The Morgan fingerprint density at radius 1 is 1.05 bits per heavy atom. The lowest BCUT2D eigenvalue weighted by atomic mass is 10.1. The lowest BCUT2D eigenvalue weighted by Crippen LogP contribution is -2.42. The topological polar surface area (TPSA) is 110 Å². The first-order chi connectivity index (χ1) is 8.84. The fourth-order valence-corrected chi connectivity index (χ4v) is 1.27. The maximum atomic E-state index is 11.5. The fourth-order valence-electron chi connectivity index (χ4n) is 1.27. The van der Waals surface area contributed by atoms with E-state index in [1.807, 2.05) is 6.92 Å². The van der Waals surface area contributed by atoms with Crippen molar-refractivity contribution in [3.8, 4) is 0 Å². The fraction of sp³-hybridized carbons (Fsp3) is 0.750. The summed E-state index contributed by atoms with van der Waals surface area (Å²) in [7, 11) is 0.988. The van der Waals surface area contributed by atoms with Crippen LogP contribution in [0.5, 0.6) is 0 Å². The molecule has 0 aliphatic heterocycles. The molecule has 0 aliphatic carbocycles. The van der Waals surface area contributed by atoms with E-state index in [-0.39, 0.29) is 0 Å². The van der Waals surface area contributed by atoms with Crippen molar-refractivity contribution in [2.75, 3.05) is 7.11 Å². The number of methoxy groups -OCH3 is 1. The molecule has 7 heteroatoms. The van der Waals surface area contributed by atoms with Gasteiger partial charge in [0.2, 0.25) is 0 Å². The second kappa shape index (κ2) is 8.60. The predicted molar refractivity (Wildman–Crippen MR) is 63.8 cm³/mol. The minimum absolute atomic E-state index is 0.494. The number of rotatable bonds is 7. The van der Waals surface area contributed by atoms with Crippen molar-refractivity contribution < 1.29 is 34.1 Å². The van der Waals surface area contributed by atoms with Crippen LogP contribution >= 0.6 is 0 Å². The quantitative estimate of drug-likeness (QED) is 0.488. The largest absolute Gasteiger partial charge is 0.467 e. The molecule has 0 aromatic carbocycles. The standard InChI is InChI=1S/C12H20O7/c1-4-5-6-7(2)10(15)19-12(17)9(14)8(13)11(16)18-3/h7-9,13-14H,4-6H2,1-3H3. The average Bonchev–Trinajstić information content (AvgIpc) is 2.41. The Morgan fingerprint density at radius 2 is 1.58 bits per heavy atom. The van der Waals surface area contributed by atoms with E-state index in [1.165, 1.54) is 0 Å². The van der Waals surface area contributed by atoms with E-state index < -0.39 is 36.0 Å². The molecule has 2 N–H and O–H groups in total. The number of aliphatic hydroxyl groups excluding tert-OH is 2. The normalized spacial score (nSPS) is 15.2. The molecule has 19 heavy (non-hydrogen) atoms. The molecule has 0 rings (SSSR count). The highest BCUT2D eigenvalue weighted by molar-refractivity contribution is 5.92. The van der Waals surface area contributed by atoms with Gasteiger partial charge in [0, 0.05) is 0 Å². The number of carbonyl (C=O) groups excluding carboxylic acids is 3. The van der Waals surface area contributed by atoms with Crippen LogP contribution in [0.3, 0.4) is 0 Å². The van der Waals surface area contributed by atoms with E-state index >= 15 is 0 Å². The Kier molecular flexibility index (Phi) is 7.94. The molecule has 0 aliphatic rings. The van der Waals surface area contributed by atoms with Gasteiger partial charge in [0.05, 0.1) is 13.0 Å². The molecule has 0 aromatic rings. The smallest absolute Gasteiger partial charge is 0.346 e. The number of carbonyl (C=O) groups is 3. The summed E-state index contributed by atoms with van der Waals surface area (Å²) in [6.07, 6.45) is -1.96. The molecule has 0 heterocycles. The number of esters is 3. The summed E-state index contributed by atoms with van der Waals surface area (Å²) in [6.45, 7) is 3.55. The highest BCUT2D eigenvalue weighted by atomic mass is 16.6. The minimum atomic E-state index is -2.14. The van der Waals surface area contributed by atoms with Crippen LogP contribution in [0.4, 0.5) is 0 Å². The van der Waals surface area contributed by atoms with E-state index in [9.17, 15) is 24.6 Å². The van der Waals surface area contributed by atoms with Crippen molar-refractivity contribution in [3.63, 3.8) is 0 Å². The summed E-state index contributed by atoms with van der Waals surface area (Å²) in [5.41, 5.74) is 0. The van der Waals surface area contributed by atoms with Gasteiger partial charge in [-0.25, -0.2) is 9.59 Å². The highest BCUT2D eigenvalue weighted by Gasteiger charge is 2.34. The van der Waals surface area contributed by atoms with E-state index in [2.05, 4.69) is 9.47 Å². The lowest BCUT2D eigenvalue weighted by molar-refractivity contribution is -0.178. The first kappa shape index (κ1) is 17.5. The molecule has 0 spiro atoms. The Bertz CT molecular complexity index is 326. The van der Waals surface area contributed by atoms with E-state index in [4.69, 9.17) is 0 Å². The minimum Gasteiger partial charge on any atom is -0.467 e. The molecular weight excluding hydrogens is 256 g/mol. The molecule has 3 atom stereocenters. The Labute approximate surface area is 111 Å². The third kappa shape index (κ3) is 5.80. The average molecular weight is 276 g/mol. The SMILES string of the molecule is CCCCC(C)C(=O)OC(=O)C(O)C(O)C(=O)OC. The summed E-state index contributed by atoms with van der Waals surface area (Å²) >= 11 is 0. The van der Waals surface area contributed by atoms with Crippen molar-refractivity contribution in [3.05, 3.63) is 0 Å². The molecule has 0 radical (unpaired) electrons. The van der Waals surface area contributed by atoms with E-state index in [1.54, 1.807) is 6.92 Å². The van der Waals surface area contributed by atoms with Gasteiger partial charge in [-0.05, 0) is 6.42 Å². The van der Waals surface area contributed by atoms with Crippen LogP contribution in [0.1, 0.15) is 33.1 Å². The van der Waals surface area contributed by atoms with Crippen LogP contribution in [-0.4, -0.2) is 47.4 Å². The molecular formula is C12H20O7. The molecule has 7 nitrogen and oxygen atoms in total. The van der Waals surface area contributed by atoms with Crippen LogP contribution in [0.2, 0.25) is 0 Å². The van der Waals surface area contributed by atoms with Crippen LogP contribution in [0.15, 0.2) is 0 Å². The van der Waals surface area contributed by atoms with Gasteiger partial charge in [-0.3, -0.25) is 4.79 Å². The summed E-state index contributed by atoms with van der Waals surface area (Å²) in [6, 6.07) is 0. The molecule has 0 amide bonds. The van der Waals surface area contributed by atoms with Crippen molar-refractivity contribution in [1.29, 1.82) is 0 Å². The Hall–Kier alpha value is -1.47. The lowest BCUT2D eigenvalue weighted by Gasteiger charge is -2.15. The molecule has 110 valence electrons. The zero-order valence-corrected chi connectivity index (χ0v) is 11.3. The van der Waals surface area contributed by atoms with Crippen LogP contribution in [-0.2, 0) is 23.9 Å². The van der Waals surface area contributed by atoms with Gasteiger partial charge >= 0.3 is 17.9 Å². The van der Waals surface area contributed by atoms with E-state index in [0.717, 1.165) is 20.0 Å². The number of aliphatic hydroxyl groups is 2. The van der Waals surface area contributed by atoms with Crippen molar-refractivity contribution in [2.45, 2.75) is 45.3 Å².